The summed E-state index contributed by atoms with van der Waals surface area (Å²) >= 11 is 0. The number of carbonyl (C=O) groups is 2. The summed E-state index contributed by atoms with van der Waals surface area (Å²) < 4.78 is 31.5. The maximum Gasteiger partial charge on any atom is 0.244 e. The van der Waals surface area contributed by atoms with Crippen molar-refractivity contribution in [3.63, 3.8) is 0 Å². The number of carbonyl (C=O) groups excluding carboxylic acids is 2. The molecule has 0 aliphatic heterocycles. The van der Waals surface area contributed by atoms with Crippen LogP contribution in [0.3, 0.4) is 0 Å². The second kappa shape index (κ2) is 12.1. The highest BCUT2D eigenvalue weighted by Gasteiger charge is 2.31. The van der Waals surface area contributed by atoms with Crippen LogP contribution in [0, 0.1) is 0 Å². The quantitative estimate of drug-likeness (QED) is 0.511. The van der Waals surface area contributed by atoms with Gasteiger partial charge in [-0.25, -0.2) is 8.42 Å². The van der Waals surface area contributed by atoms with Crippen molar-refractivity contribution in [3.05, 3.63) is 60.2 Å². The predicted molar refractivity (Wildman–Crippen MR) is 137 cm³/mol. The molecule has 1 aliphatic carbocycles. The average molecular weight is 502 g/mol. The second-order valence-corrected chi connectivity index (χ2v) is 10.9. The van der Waals surface area contributed by atoms with E-state index in [9.17, 15) is 18.0 Å². The lowest BCUT2D eigenvalue weighted by atomic mass is 10.1. The number of hydrogen-bond donors (Lipinski definition) is 1. The van der Waals surface area contributed by atoms with E-state index in [1.807, 2.05) is 30.3 Å². The van der Waals surface area contributed by atoms with Gasteiger partial charge in [-0.15, -0.1) is 0 Å². The van der Waals surface area contributed by atoms with E-state index in [2.05, 4.69) is 5.32 Å². The Morgan fingerprint density at radius 2 is 1.77 bits per heavy atom. The summed E-state index contributed by atoms with van der Waals surface area (Å²) in [7, 11) is -2.28. The van der Waals surface area contributed by atoms with Crippen LogP contribution in [0.4, 0.5) is 5.69 Å². The molecule has 0 bridgehead atoms. The van der Waals surface area contributed by atoms with Crippen LogP contribution in [0.15, 0.2) is 54.6 Å². The minimum Gasteiger partial charge on any atom is -0.497 e. The third kappa shape index (κ3) is 7.45. The number of rotatable bonds is 11. The number of hydrogen-bond acceptors (Lipinski definition) is 5. The van der Waals surface area contributed by atoms with E-state index in [1.165, 1.54) is 12.0 Å². The van der Waals surface area contributed by atoms with Crippen molar-refractivity contribution in [2.24, 2.45) is 0 Å². The molecule has 0 radical (unpaired) electrons. The summed E-state index contributed by atoms with van der Waals surface area (Å²) in [6.07, 6.45) is 5.65. The summed E-state index contributed by atoms with van der Waals surface area (Å²) in [4.78, 5) is 28.1. The lowest BCUT2D eigenvalue weighted by Gasteiger charge is -2.32. The number of nitrogens with one attached hydrogen (secondary N) is 1. The van der Waals surface area contributed by atoms with Crippen molar-refractivity contribution in [2.75, 3.05) is 30.8 Å². The van der Waals surface area contributed by atoms with Crippen molar-refractivity contribution in [3.8, 4) is 5.75 Å². The van der Waals surface area contributed by atoms with E-state index in [0.717, 1.165) is 41.8 Å². The van der Waals surface area contributed by atoms with Crippen molar-refractivity contribution >= 4 is 27.5 Å². The Labute approximate surface area is 208 Å². The Hall–Kier alpha value is -3.07. The summed E-state index contributed by atoms with van der Waals surface area (Å²) in [5, 5.41) is 3.06. The summed E-state index contributed by atoms with van der Waals surface area (Å²) in [6, 6.07) is 15.6. The van der Waals surface area contributed by atoms with Gasteiger partial charge in [0.1, 0.15) is 18.3 Å². The molecule has 2 amide bonds. The maximum absolute atomic E-state index is 13.5. The fraction of sp³-hybridized carbons (Fsp3) is 0.462. The molecule has 1 N–H and O–H groups in total. The molecule has 1 unspecified atom stereocenters. The van der Waals surface area contributed by atoms with Gasteiger partial charge in [-0.3, -0.25) is 13.9 Å². The van der Waals surface area contributed by atoms with Gasteiger partial charge in [0, 0.05) is 18.7 Å². The highest BCUT2D eigenvalue weighted by molar-refractivity contribution is 7.92. The second-order valence-electron chi connectivity index (χ2n) is 8.96. The van der Waals surface area contributed by atoms with Crippen LogP contribution in [0.1, 0.15) is 38.2 Å². The highest BCUT2D eigenvalue weighted by atomic mass is 32.2. The van der Waals surface area contributed by atoms with Gasteiger partial charge in [-0.2, -0.15) is 0 Å². The predicted octanol–water partition coefficient (Wildman–Crippen LogP) is 2.98. The minimum atomic E-state index is -3.77. The summed E-state index contributed by atoms with van der Waals surface area (Å²) in [6.45, 7) is 1.57. The zero-order chi connectivity index (χ0) is 25.4. The first-order chi connectivity index (χ1) is 16.7. The van der Waals surface area contributed by atoms with Crippen LogP contribution < -0.4 is 14.4 Å². The number of methoxy groups -OCH3 is 1. The highest BCUT2D eigenvalue weighted by Crippen LogP contribution is 2.24. The van der Waals surface area contributed by atoms with Gasteiger partial charge >= 0.3 is 0 Å². The fourth-order valence-electron chi connectivity index (χ4n) is 4.34. The van der Waals surface area contributed by atoms with Gasteiger partial charge in [-0.1, -0.05) is 49.2 Å². The molecule has 1 saturated carbocycles. The smallest absolute Gasteiger partial charge is 0.244 e. The van der Waals surface area contributed by atoms with Crippen LogP contribution >= 0.6 is 0 Å². The number of ether oxygens (including phenoxy) is 1. The van der Waals surface area contributed by atoms with Gasteiger partial charge in [0.15, 0.2) is 0 Å². The van der Waals surface area contributed by atoms with E-state index in [-0.39, 0.29) is 18.5 Å². The Morgan fingerprint density at radius 1 is 1.09 bits per heavy atom. The number of amides is 2. The Morgan fingerprint density at radius 3 is 2.40 bits per heavy atom. The zero-order valence-electron chi connectivity index (χ0n) is 20.6. The molecule has 8 nitrogen and oxygen atoms in total. The van der Waals surface area contributed by atoms with Crippen LogP contribution in [0.5, 0.6) is 5.75 Å². The van der Waals surface area contributed by atoms with Crippen molar-refractivity contribution in [1.29, 1.82) is 0 Å². The van der Waals surface area contributed by atoms with Gasteiger partial charge in [0.2, 0.25) is 21.8 Å². The first-order valence-electron chi connectivity index (χ1n) is 11.9. The number of benzene rings is 2. The third-order valence-electron chi connectivity index (χ3n) is 6.37. The van der Waals surface area contributed by atoms with Crippen molar-refractivity contribution in [2.45, 2.75) is 51.1 Å². The SMILES string of the molecule is COc1cccc(N(CC(=O)N(CCc2ccccc2)C(C)C(=O)NC2CCCC2)S(C)(=O)=O)c1. The Kier molecular flexibility index (Phi) is 9.14. The number of anilines is 1. The molecule has 2 aromatic rings. The Balaban J connectivity index is 1.83. The van der Waals surface area contributed by atoms with Gasteiger partial charge in [0.05, 0.1) is 19.1 Å². The van der Waals surface area contributed by atoms with Crippen LogP contribution in [-0.4, -0.2) is 63.7 Å². The van der Waals surface area contributed by atoms with Gasteiger partial charge in [-0.05, 0) is 43.9 Å². The number of sulfonamides is 1. The molecule has 1 fully saturated rings. The van der Waals surface area contributed by atoms with E-state index < -0.39 is 28.5 Å². The molecular weight excluding hydrogens is 466 g/mol. The van der Waals surface area contributed by atoms with Crippen molar-refractivity contribution < 1.29 is 22.7 Å². The molecule has 0 saturated heterocycles. The van der Waals surface area contributed by atoms with Crippen molar-refractivity contribution in [1.82, 2.24) is 10.2 Å². The van der Waals surface area contributed by atoms with Crippen LogP contribution in [-0.2, 0) is 26.0 Å². The standard InChI is InChI=1S/C26H35N3O5S/c1-20(26(31)27-22-12-7-8-13-22)28(17-16-21-10-5-4-6-11-21)25(30)19-29(35(3,32)33)23-14-9-15-24(18-23)34-2/h4-6,9-11,14-15,18,20,22H,7-8,12-13,16-17,19H2,1-3H3,(H,27,31). The average Bonchev–Trinajstić information content (AvgIpc) is 3.35. The molecule has 3 rings (SSSR count). The maximum atomic E-state index is 13.5. The molecule has 35 heavy (non-hydrogen) atoms. The molecule has 0 heterocycles. The van der Waals surface area contributed by atoms with Gasteiger partial charge < -0.3 is 15.0 Å². The molecule has 1 aliphatic rings. The van der Waals surface area contributed by atoms with E-state index >= 15 is 0 Å². The molecule has 0 aromatic heterocycles. The normalized spacial score (nSPS) is 14.8. The molecule has 2 aromatic carbocycles. The largest absolute Gasteiger partial charge is 0.497 e. The van der Waals surface area contributed by atoms with E-state index in [1.54, 1.807) is 31.2 Å². The summed E-state index contributed by atoms with van der Waals surface area (Å²) in [5.74, 6) is -0.178. The lowest BCUT2D eigenvalue weighted by Crippen LogP contribution is -2.53. The van der Waals surface area contributed by atoms with Crippen LogP contribution in [0.2, 0.25) is 0 Å². The van der Waals surface area contributed by atoms with E-state index in [0.29, 0.717) is 17.9 Å². The molecule has 9 heteroatoms. The van der Waals surface area contributed by atoms with Gasteiger partial charge in [0.25, 0.3) is 0 Å². The number of nitrogens with zero attached hydrogens (tertiary/aromatic N) is 2. The molecule has 1 atom stereocenters. The first kappa shape index (κ1) is 26.5. The summed E-state index contributed by atoms with van der Waals surface area (Å²) in [5.41, 5.74) is 1.35. The monoisotopic (exact) mass is 501 g/mol. The topological polar surface area (TPSA) is 96.0 Å². The van der Waals surface area contributed by atoms with E-state index in [4.69, 9.17) is 4.74 Å². The lowest BCUT2D eigenvalue weighted by molar-refractivity contribution is -0.139. The van der Waals surface area contributed by atoms with Crippen LogP contribution in [0.25, 0.3) is 0 Å². The Bertz CT molecular complexity index is 1100. The molecule has 190 valence electrons. The third-order valence-corrected chi connectivity index (χ3v) is 7.51. The zero-order valence-corrected chi connectivity index (χ0v) is 21.5. The first-order valence-corrected chi connectivity index (χ1v) is 13.8. The minimum absolute atomic E-state index is 0.125. The molecule has 0 spiro atoms. The fourth-order valence-corrected chi connectivity index (χ4v) is 5.18. The molecular formula is C26H35N3O5S.